The summed E-state index contributed by atoms with van der Waals surface area (Å²) in [5, 5.41) is 8.02. The van der Waals surface area contributed by atoms with Crippen LogP contribution < -0.4 is 10.6 Å². The van der Waals surface area contributed by atoms with Crippen molar-refractivity contribution in [2.45, 2.75) is 26.7 Å². The van der Waals surface area contributed by atoms with Gasteiger partial charge < -0.3 is 20.0 Å². The molecule has 0 atom stereocenters. The fourth-order valence-corrected chi connectivity index (χ4v) is 3.60. The molecule has 2 aromatic heterocycles. The molecule has 0 spiro atoms. The summed E-state index contributed by atoms with van der Waals surface area (Å²) in [5.41, 5.74) is 6.90. The number of aliphatic imine (C=N–C) groups is 1. The Morgan fingerprint density at radius 1 is 1.00 bits per heavy atom. The molecule has 31 heavy (non-hydrogen) atoms. The number of aromatic nitrogens is 2. The number of guanidine groups is 1. The van der Waals surface area contributed by atoms with Crippen molar-refractivity contribution in [3.8, 4) is 11.5 Å². The Labute approximate surface area is 182 Å². The third kappa shape index (κ3) is 5.15. The lowest BCUT2D eigenvalue weighted by molar-refractivity contribution is 0.572. The van der Waals surface area contributed by atoms with Gasteiger partial charge in [0.15, 0.2) is 5.96 Å². The number of aromatic amines is 1. The fraction of sp³-hybridized carbons (Fsp3) is 0.280. The van der Waals surface area contributed by atoms with E-state index in [9.17, 15) is 0 Å². The lowest BCUT2D eigenvalue weighted by Crippen LogP contribution is -2.39. The highest BCUT2D eigenvalue weighted by atomic mass is 16.3. The molecule has 0 bridgehead atoms. The van der Waals surface area contributed by atoms with Gasteiger partial charge in [0.25, 0.3) is 0 Å². The van der Waals surface area contributed by atoms with Crippen molar-refractivity contribution in [3.05, 3.63) is 77.3 Å². The van der Waals surface area contributed by atoms with Crippen LogP contribution in [0.3, 0.4) is 0 Å². The average molecular weight is 416 g/mol. The number of nitrogens with zero attached hydrogens (tertiary/aromatic N) is 2. The average Bonchev–Trinajstić information content (AvgIpc) is 3.40. The quantitative estimate of drug-likeness (QED) is 0.309. The van der Waals surface area contributed by atoms with Gasteiger partial charge in [-0.25, -0.2) is 4.98 Å². The first-order chi connectivity index (χ1) is 15.1. The molecule has 0 aliphatic carbocycles. The molecule has 3 N–H and O–H groups in total. The van der Waals surface area contributed by atoms with Gasteiger partial charge in [-0.2, -0.15) is 0 Å². The van der Waals surface area contributed by atoms with Crippen molar-refractivity contribution in [2.24, 2.45) is 4.99 Å². The Morgan fingerprint density at radius 2 is 1.74 bits per heavy atom. The summed E-state index contributed by atoms with van der Waals surface area (Å²) >= 11 is 0. The van der Waals surface area contributed by atoms with Gasteiger partial charge in [0.1, 0.15) is 6.26 Å². The molecule has 0 aliphatic rings. The van der Waals surface area contributed by atoms with E-state index in [1.165, 1.54) is 27.6 Å². The predicted molar refractivity (Wildman–Crippen MR) is 126 cm³/mol. The molecule has 4 aromatic rings. The molecule has 4 rings (SSSR count). The van der Waals surface area contributed by atoms with E-state index in [0.29, 0.717) is 5.89 Å². The second-order valence-corrected chi connectivity index (χ2v) is 7.80. The van der Waals surface area contributed by atoms with Crippen LogP contribution in [0, 0.1) is 13.8 Å². The van der Waals surface area contributed by atoms with Crippen LogP contribution in [0.15, 0.2) is 64.3 Å². The fourth-order valence-electron chi connectivity index (χ4n) is 3.60. The summed E-state index contributed by atoms with van der Waals surface area (Å²) in [5.74, 6) is 1.45. The van der Waals surface area contributed by atoms with Gasteiger partial charge in [0.2, 0.25) is 5.89 Å². The van der Waals surface area contributed by atoms with Crippen molar-refractivity contribution in [3.63, 3.8) is 0 Å². The molecular formula is C25H29N5O. The molecule has 0 amide bonds. The first kappa shape index (κ1) is 20.7. The maximum absolute atomic E-state index is 5.64. The second kappa shape index (κ2) is 9.51. The third-order valence-corrected chi connectivity index (χ3v) is 5.36. The van der Waals surface area contributed by atoms with E-state index >= 15 is 0 Å². The van der Waals surface area contributed by atoms with Crippen LogP contribution in [0.4, 0.5) is 0 Å². The van der Waals surface area contributed by atoms with E-state index in [0.717, 1.165) is 43.1 Å². The topological polar surface area (TPSA) is 78.2 Å². The van der Waals surface area contributed by atoms with Crippen LogP contribution in [0.5, 0.6) is 0 Å². The van der Waals surface area contributed by atoms with Crippen LogP contribution in [0.2, 0.25) is 0 Å². The third-order valence-electron chi connectivity index (χ3n) is 5.36. The van der Waals surface area contributed by atoms with E-state index in [1.807, 2.05) is 12.1 Å². The van der Waals surface area contributed by atoms with Crippen molar-refractivity contribution in [1.29, 1.82) is 0 Å². The molecule has 6 nitrogen and oxygen atoms in total. The smallest absolute Gasteiger partial charge is 0.226 e. The molecule has 0 saturated carbocycles. The van der Waals surface area contributed by atoms with Gasteiger partial charge in [0.05, 0.1) is 5.69 Å². The lowest BCUT2D eigenvalue weighted by Gasteiger charge is -2.11. The molecule has 0 saturated heterocycles. The Bertz CT molecular complexity index is 1170. The zero-order valence-electron chi connectivity index (χ0n) is 18.3. The Morgan fingerprint density at radius 3 is 2.52 bits per heavy atom. The first-order valence-electron chi connectivity index (χ1n) is 10.6. The highest BCUT2D eigenvalue weighted by Gasteiger charge is 2.08. The van der Waals surface area contributed by atoms with Crippen molar-refractivity contribution < 1.29 is 4.42 Å². The Hall–Kier alpha value is -3.54. The van der Waals surface area contributed by atoms with Gasteiger partial charge >= 0.3 is 0 Å². The lowest BCUT2D eigenvalue weighted by atomic mass is 10.1. The predicted octanol–water partition coefficient (Wildman–Crippen LogP) is 4.39. The summed E-state index contributed by atoms with van der Waals surface area (Å²) in [4.78, 5) is 12.3. The van der Waals surface area contributed by atoms with E-state index in [1.54, 1.807) is 13.3 Å². The molecule has 0 fully saturated rings. The largest absolute Gasteiger partial charge is 0.444 e. The van der Waals surface area contributed by atoms with Crippen LogP contribution in [0.1, 0.15) is 22.4 Å². The molecule has 0 unspecified atom stereocenters. The minimum Gasteiger partial charge on any atom is -0.444 e. The van der Waals surface area contributed by atoms with Crippen LogP contribution in [-0.4, -0.2) is 36.1 Å². The van der Waals surface area contributed by atoms with Gasteiger partial charge in [-0.15, -0.1) is 0 Å². The number of oxazole rings is 1. The molecule has 6 heteroatoms. The highest BCUT2D eigenvalue weighted by Crippen LogP contribution is 2.20. The SMILES string of the molecule is CN=C(NCCc1coc(-c2ccc(C)cc2)n1)NCCc1c[nH]c2cc(C)ccc12. The number of nitrogens with one attached hydrogen (secondary N) is 3. The summed E-state index contributed by atoms with van der Waals surface area (Å²) in [6.07, 6.45) is 5.51. The standard InChI is InChI=1S/C25H29N5O/c1-17-4-7-19(8-5-17)24-30-21(16-31-24)11-13-28-25(26-3)27-12-10-20-15-29-23-14-18(2)6-9-22(20)23/h4-9,14-16,29H,10-13H2,1-3H3,(H2,26,27,28). The monoisotopic (exact) mass is 415 g/mol. The zero-order valence-corrected chi connectivity index (χ0v) is 18.3. The minimum absolute atomic E-state index is 0.659. The maximum Gasteiger partial charge on any atom is 0.226 e. The zero-order chi connectivity index (χ0) is 21.6. The molecule has 2 heterocycles. The normalized spacial score (nSPS) is 11.8. The van der Waals surface area contributed by atoms with Crippen LogP contribution in [-0.2, 0) is 12.8 Å². The van der Waals surface area contributed by atoms with Crippen LogP contribution in [0.25, 0.3) is 22.4 Å². The van der Waals surface area contributed by atoms with E-state index in [2.05, 4.69) is 76.0 Å². The molecular weight excluding hydrogens is 386 g/mol. The summed E-state index contributed by atoms with van der Waals surface area (Å²) in [6, 6.07) is 14.7. The van der Waals surface area contributed by atoms with E-state index < -0.39 is 0 Å². The van der Waals surface area contributed by atoms with Crippen LogP contribution >= 0.6 is 0 Å². The molecule has 2 aromatic carbocycles. The number of aryl methyl sites for hydroxylation is 2. The minimum atomic E-state index is 0.659. The summed E-state index contributed by atoms with van der Waals surface area (Å²) < 4.78 is 5.64. The molecule has 0 radical (unpaired) electrons. The van der Waals surface area contributed by atoms with Crippen molar-refractivity contribution in [2.75, 3.05) is 20.1 Å². The van der Waals surface area contributed by atoms with Crippen molar-refractivity contribution >= 4 is 16.9 Å². The van der Waals surface area contributed by atoms with Crippen molar-refractivity contribution in [1.82, 2.24) is 20.6 Å². The van der Waals surface area contributed by atoms with Gasteiger partial charge in [-0.05, 0) is 49.6 Å². The Balaban J connectivity index is 1.24. The van der Waals surface area contributed by atoms with Gasteiger partial charge in [-0.1, -0.05) is 29.8 Å². The number of hydrogen-bond acceptors (Lipinski definition) is 3. The van der Waals surface area contributed by atoms with E-state index in [4.69, 9.17) is 4.42 Å². The number of fused-ring (bicyclic) bond motifs is 1. The van der Waals surface area contributed by atoms with Gasteiger partial charge in [0, 0.05) is 49.2 Å². The maximum atomic E-state index is 5.64. The first-order valence-corrected chi connectivity index (χ1v) is 10.6. The van der Waals surface area contributed by atoms with Gasteiger partial charge in [-0.3, -0.25) is 4.99 Å². The number of rotatable bonds is 7. The second-order valence-electron chi connectivity index (χ2n) is 7.80. The molecule has 160 valence electrons. The van der Waals surface area contributed by atoms with E-state index in [-0.39, 0.29) is 0 Å². The highest BCUT2D eigenvalue weighted by molar-refractivity contribution is 5.84. The molecule has 0 aliphatic heterocycles. The summed E-state index contributed by atoms with van der Waals surface area (Å²) in [7, 11) is 1.79. The number of benzene rings is 2. The number of hydrogen-bond donors (Lipinski definition) is 3. The number of H-pyrrole nitrogens is 1. The Kier molecular flexibility index (Phi) is 6.36. The summed E-state index contributed by atoms with van der Waals surface area (Å²) in [6.45, 7) is 5.71.